The average Bonchev–Trinajstić information content (AvgIpc) is 1.93. The molecule has 56 valence electrons. The fourth-order valence-electron chi connectivity index (χ4n) is 0.294. The summed E-state index contributed by atoms with van der Waals surface area (Å²) in [7, 11) is 0. The molecule has 0 aliphatic carbocycles. The second-order valence-corrected chi connectivity index (χ2v) is 1.64. The molecule has 1 nitrogen and oxygen atoms in total. The fourth-order valence-corrected chi connectivity index (χ4v) is 0.294. The molecular weight excluding hydrogens is 124 g/mol. The zero-order valence-corrected chi connectivity index (χ0v) is 6.68. The minimum absolute atomic E-state index is 0.102. The molecule has 0 atom stereocenters. The maximum Gasteiger partial charge on any atom is 0.155 e. The monoisotopic (exact) mass is 138 g/mol. The SMILES string of the molecule is C=C.C=C/C=C(\C)C(C)=O. The predicted octanol–water partition coefficient (Wildman–Crippen LogP) is 2.51. The van der Waals surface area contributed by atoms with E-state index in [4.69, 9.17) is 0 Å². The summed E-state index contributed by atoms with van der Waals surface area (Å²) < 4.78 is 0. The Bertz CT molecular complexity index is 143. The van der Waals surface area contributed by atoms with Crippen molar-refractivity contribution < 1.29 is 4.79 Å². The first-order chi connectivity index (χ1) is 4.68. The maximum absolute atomic E-state index is 10.4. The van der Waals surface area contributed by atoms with Gasteiger partial charge in [-0.25, -0.2) is 0 Å². The van der Waals surface area contributed by atoms with Crippen molar-refractivity contribution in [2.24, 2.45) is 0 Å². The molecule has 0 rings (SSSR count). The van der Waals surface area contributed by atoms with E-state index < -0.39 is 0 Å². The molecule has 0 spiro atoms. The molecule has 10 heavy (non-hydrogen) atoms. The Labute approximate surface area is 62.8 Å². The van der Waals surface area contributed by atoms with Gasteiger partial charge in [0.25, 0.3) is 0 Å². The van der Waals surface area contributed by atoms with E-state index in [-0.39, 0.29) is 5.78 Å². The van der Waals surface area contributed by atoms with Gasteiger partial charge in [-0.2, -0.15) is 0 Å². The first-order valence-corrected chi connectivity index (χ1v) is 2.98. The van der Waals surface area contributed by atoms with Crippen LogP contribution in [0.2, 0.25) is 0 Å². The van der Waals surface area contributed by atoms with Crippen LogP contribution in [0.25, 0.3) is 0 Å². The summed E-state index contributed by atoms with van der Waals surface area (Å²) in [5, 5.41) is 0. The highest BCUT2D eigenvalue weighted by atomic mass is 16.1. The lowest BCUT2D eigenvalue weighted by atomic mass is 10.2. The zero-order valence-electron chi connectivity index (χ0n) is 6.68. The number of rotatable bonds is 2. The van der Waals surface area contributed by atoms with Gasteiger partial charge in [0, 0.05) is 0 Å². The summed E-state index contributed by atoms with van der Waals surface area (Å²) in [6.07, 6.45) is 3.30. The van der Waals surface area contributed by atoms with Crippen LogP contribution in [0.15, 0.2) is 37.5 Å². The third kappa shape index (κ3) is 6.89. The summed E-state index contributed by atoms with van der Waals surface area (Å²) in [5.41, 5.74) is 0.750. The van der Waals surface area contributed by atoms with Crippen LogP contribution >= 0.6 is 0 Å². The van der Waals surface area contributed by atoms with E-state index in [1.165, 1.54) is 6.92 Å². The number of hydrogen-bond donors (Lipinski definition) is 0. The van der Waals surface area contributed by atoms with Crippen molar-refractivity contribution in [2.45, 2.75) is 13.8 Å². The van der Waals surface area contributed by atoms with Crippen LogP contribution in [0.5, 0.6) is 0 Å². The maximum atomic E-state index is 10.4. The Morgan fingerprint density at radius 3 is 1.80 bits per heavy atom. The highest BCUT2D eigenvalue weighted by Crippen LogP contribution is 1.91. The topological polar surface area (TPSA) is 17.1 Å². The minimum atomic E-state index is 0.102. The predicted molar refractivity (Wildman–Crippen MR) is 45.9 cm³/mol. The smallest absolute Gasteiger partial charge is 0.155 e. The van der Waals surface area contributed by atoms with E-state index in [9.17, 15) is 4.79 Å². The van der Waals surface area contributed by atoms with Gasteiger partial charge in [-0.05, 0) is 19.4 Å². The summed E-state index contributed by atoms with van der Waals surface area (Å²) in [6, 6.07) is 0. The van der Waals surface area contributed by atoms with Gasteiger partial charge in [-0.1, -0.05) is 18.7 Å². The van der Waals surface area contributed by atoms with Crippen LogP contribution < -0.4 is 0 Å². The molecule has 1 heteroatoms. The van der Waals surface area contributed by atoms with Gasteiger partial charge in [0.05, 0.1) is 0 Å². The van der Waals surface area contributed by atoms with Crippen molar-refractivity contribution in [1.82, 2.24) is 0 Å². The highest BCUT2D eigenvalue weighted by molar-refractivity contribution is 5.92. The van der Waals surface area contributed by atoms with Gasteiger partial charge in [-0.15, -0.1) is 13.2 Å². The Hall–Kier alpha value is -1.11. The van der Waals surface area contributed by atoms with Gasteiger partial charge >= 0.3 is 0 Å². The van der Waals surface area contributed by atoms with E-state index in [0.717, 1.165) is 5.57 Å². The van der Waals surface area contributed by atoms with Crippen molar-refractivity contribution in [2.75, 3.05) is 0 Å². The molecule has 0 aliphatic rings. The van der Waals surface area contributed by atoms with Crippen molar-refractivity contribution in [3.63, 3.8) is 0 Å². The zero-order chi connectivity index (χ0) is 8.57. The molecule has 0 saturated heterocycles. The summed E-state index contributed by atoms with van der Waals surface area (Å²) in [6.45, 7) is 12.8. The molecule has 0 aromatic carbocycles. The number of carbonyl (C=O) groups is 1. The van der Waals surface area contributed by atoms with E-state index in [1.807, 2.05) is 0 Å². The van der Waals surface area contributed by atoms with Crippen molar-refractivity contribution in [1.29, 1.82) is 0 Å². The molecule has 0 aliphatic heterocycles. The van der Waals surface area contributed by atoms with E-state index in [2.05, 4.69) is 19.7 Å². The van der Waals surface area contributed by atoms with Crippen molar-refractivity contribution in [3.8, 4) is 0 Å². The Morgan fingerprint density at radius 1 is 1.30 bits per heavy atom. The van der Waals surface area contributed by atoms with Gasteiger partial charge in [0.15, 0.2) is 5.78 Å². The number of hydrogen-bond acceptors (Lipinski definition) is 1. The van der Waals surface area contributed by atoms with Crippen molar-refractivity contribution >= 4 is 5.78 Å². The number of Topliss-reactive ketones (excluding diaryl/α,β-unsaturated/α-hetero) is 1. The molecule has 0 heterocycles. The Kier molecular flexibility index (Phi) is 9.20. The molecular formula is C9H14O. The first kappa shape index (κ1) is 11.7. The van der Waals surface area contributed by atoms with E-state index >= 15 is 0 Å². The summed E-state index contributed by atoms with van der Waals surface area (Å²) in [5.74, 6) is 0.102. The first-order valence-electron chi connectivity index (χ1n) is 2.98. The Morgan fingerprint density at radius 2 is 1.70 bits per heavy atom. The van der Waals surface area contributed by atoms with Gasteiger partial charge in [-0.3, -0.25) is 4.79 Å². The molecule has 0 N–H and O–H groups in total. The molecule has 0 unspecified atom stereocenters. The largest absolute Gasteiger partial charge is 0.295 e. The number of allylic oxidation sites excluding steroid dienone is 3. The van der Waals surface area contributed by atoms with Gasteiger partial charge < -0.3 is 0 Å². The summed E-state index contributed by atoms with van der Waals surface area (Å²) >= 11 is 0. The fraction of sp³-hybridized carbons (Fsp3) is 0.222. The van der Waals surface area contributed by atoms with Crippen LogP contribution in [-0.4, -0.2) is 5.78 Å². The Balaban J connectivity index is 0. The van der Waals surface area contributed by atoms with Crippen LogP contribution in [0.4, 0.5) is 0 Å². The van der Waals surface area contributed by atoms with Crippen molar-refractivity contribution in [3.05, 3.63) is 37.5 Å². The lowest BCUT2D eigenvalue weighted by Gasteiger charge is -1.86. The molecule has 0 aromatic heterocycles. The third-order valence-corrected chi connectivity index (χ3v) is 0.923. The van der Waals surface area contributed by atoms with Crippen LogP contribution in [0.3, 0.4) is 0 Å². The van der Waals surface area contributed by atoms with Crippen LogP contribution in [0, 0.1) is 0 Å². The lowest BCUT2D eigenvalue weighted by molar-refractivity contribution is -0.113. The average molecular weight is 138 g/mol. The van der Waals surface area contributed by atoms with E-state index in [0.29, 0.717) is 0 Å². The normalized spacial score (nSPS) is 9.20. The van der Waals surface area contributed by atoms with Crippen LogP contribution in [0.1, 0.15) is 13.8 Å². The summed E-state index contributed by atoms with van der Waals surface area (Å²) in [4.78, 5) is 10.4. The second kappa shape index (κ2) is 7.89. The molecule has 0 saturated carbocycles. The van der Waals surface area contributed by atoms with Gasteiger partial charge in [0.1, 0.15) is 0 Å². The lowest BCUT2D eigenvalue weighted by Crippen LogP contribution is -1.88. The second-order valence-electron chi connectivity index (χ2n) is 1.64. The molecule has 0 fully saturated rings. The highest BCUT2D eigenvalue weighted by Gasteiger charge is 1.90. The minimum Gasteiger partial charge on any atom is -0.295 e. The number of ketones is 1. The molecule has 0 bridgehead atoms. The van der Waals surface area contributed by atoms with E-state index in [1.54, 1.807) is 19.1 Å². The van der Waals surface area contributed by atoms with Crippen LogP contribution in [-0.2, 0) is 4.79 Å². The quantitative estimate of drug-likeness (QED) is 0.325. The van der Waals surface area contributed by atoms with Gasteiger partial charge in [0.2, 0.25) is 0 Å². The number of carbonyl (C=O) groups excluding carboxylic acids is 1. The molecule has 0 radical (unpaired) electrons. The standard InChI is InChI=1S/C7H10O.C2H4/c1-4-5-6(2)7(3)8;1-2/h4-5H,1H2,2-3H3;1-2H2/b6-5+;. The molecule has 0 amide bonds. The molecule has 0 aromatic rings. The third-order valence-electron chi connectivity index (χ3n) is 0.923.